The largest absolute Gasteiger partial charge is 0.495 e. The van der Waals surface area contributed by atoms with E-state index < -0.39 is 11.5 Å². The van der Waals surface area contributed by atoms with E-state index in [1.807, 2.05) is 54.6 Å². The molecule has 174 valence electrons. The van der Waals surface area contributed by atoms with Gasteiger partial charge in [0.2, 0.25) is 5.60 Å². The van der Waals surface area contributed by atoms with Crippen molar-refractivity contribution in [3.8, 4) is 16.9 Å². The summed E-state index contributed by atoms with van der Waals surface area (Å²) in [5, 5.41) is 16.3. The van der Waals surface area contributed by atoms with Gasteiger partial charge in [0, 0.05) is 24.1 Å². The molecule has 2 aromatic heterocycles. The number of aromatic nitrogens is 3. The molecule has 5 rings (SSSR count). The first kappa shape index (κ1) is 22.2. The van der Waals surface area contributed by atoms with Gasteiger partial charge in [0.15, 0.2) is 0 Å². The maximum Gasteiger partial charge on any atom is 0.267 e. The molecule has 0 saturated carbocycles. The molecule has 0 radical (unpaired) electrons. The number of benzene rings is 3. The fourth-order valence-electron chi connectivity index (χ4n) is 4.20. The van der Waals surface area contributed by atoms with E-state index in [4.69, 9.17) is 14.0 Å². The predicted molar refractivity (Wildman–Crippen MR) is 131 cm³/mol. The molecule has 1 amide bonds. The molecule has 35 heavy (non-hydrogen) atoms. The van der Waals surface area contributed by atoms with Crippen molar-refractivity contribution in [1.29, 1.82) is 0 Å². The Morgan fingerprint density at radius 1 is 0.971 bits per heavy atom. The molecule has 0 spiro atoms. The summed E-state index contributed by atoms with van der Waals surface area (Å²) >= 11 is 0. The Balaban J connectivity index is 1.60. The van der Waals surface area contributed by atoms with Crippen molar-refractivity contribution in [2.45, 2.75) is 5.60 Å². The monoisotopic (exact) mass is 466 g/mol. The molecule has 3 aromatic carbocycles. The molecular formula is C27H22N4O4. The molecule has 1 N–H and O–H groups in total. The van der Waals surface area contributed by atoms with Gasteiger partial charge in [-0.05, 0) is 29.3 Å². The van der Waals surface area contributed by atoms with Gasteiger partial charge in [-0.1, -0.05) is 59.8 Å². The van der Waals surface area contributed by atoms with Gasteiger partial charge in [-0.15, -0.1) is 0 Å². The maximum atomic E-state index is 13.9. The zero-order valence-electron chi connectivity index (χ0n) is 19.1. The lowest BCUT2D eigenvalue weighted by atomic mass is 9.89. The van der Waals surface area contributed by atoms with E-state index in [1.165, 1.54) is 13.4 Å². The fourth-order valence-corrected chi connectivity index (χ4v) is 4.20. The summed E-state index contributed by atoms with van der Waals surface area (Å²) < 4.78 is 16.5. The van der Waals surface area contributed by atoms with Crippen LogP contribution in [-0.4, -0.2) is 35.5 Å². The zero-order chi connectivity index (χ0) is 24.3. The van der Waals surface area contributed by atoms with Crippen molar-refractivity contribution in [3.63, 3.8) is 0 Å². The molecule has 0 aliphatic heterocycles. The summed E-state index contributed by atoms with van der Waals surface area (Å²) in [5.74, 6) is 0.0416. The van der Waals surface area contributed by atoms with Crippen molar-refractivity contribution >= 4 is 22.5 Å². The van der Waals surface area contributed by atoms with Crippen LogP contribution < -0.4 is 10.1 Å². The molecule has 1 atom stereocenters. The second-order valence-electron chi connectivity index (χ2n) is 7.78. The van der Waals surface area contributed by atoms with Crippen LogP contribution in [0.5, 0.6) is 5.75 Å². The number of amides is 1. The number of carbonyl (C=O) groups excluding carboxylic acids is 1. The van der Waals surface area contributed by atoms with Gasteiger partial charge in [-0.3, -0.25) is 4.79 Å². The van der Waals surface area contributed by atoms with Crippen molar-refractivity contribution in [2.24, 2.45) is 0 Å². The minimum atomic E-state index is -1.54. The maximum absolute atomic E-state index is 13.9. The van der Waals surface area contributed by atoms with Crippen molar-refractivity contribution in [1.82, 2.24) is 15.4 Å². The van der Waals surface area contributed by atoms with E-state index in [2.05, 4.69) is 20.7 Å². The van der Waals surface area contributed by atoms with Gasteiger partial charge in [-0.2, -0.15) is 10.2 Å². The van der Waals surface area contributed by atoms with Crippen molar-refractivity contribution in [2.75, 3.05) is 19.5 Å². The highest BCUT2D eigenvalue weighted by Crippen LogP contribution is 2.37. The first-order chi connectivity index (χ1) is 17.2. The van der Waals surface area contributed by atoms with Crippen LogP contribution in [0.25, 0.3) is 22.0 Å². The lowest BCUT2D eigenvalue weighted by Crippen LogP contribution is -2.43. The van der Waals surface area contributed by atoms with Crippen LogP contribution in [0.3, 0.4) is 0 Å². The SMILES string of the molecule is COc1ccc(-c2cnnc3ccccc23)cc1NC(=O)[C@@](OC)(c1ccccc1)c1ccon1. The number of nitrogens with one attached hydrogen (secondary N) is 1. The van der Waals surface area contributed by atoms with E-state index >= 15 is 0 Å². The second-order valence-corrected chi connectivity index (χ2v) is 7.78. The quantitative estimate of drug-likeness (QED) is 0.367. The van der Waals surface area contributed by atoms with Gasteiger partial charge in [0.25, 0.3) is 5.91 Å². The topological polar surface area (TPSA) is 99.4 Å². The number of hydrogen-bond acceptors (Lipinski definition) is 7. The Labute approximate surface area is 201 Å². The van der Waals surface area contributed by atoms with E-state index in [9.17, 15) is 4.79 Å². The van der Waals surface area contributed by atoms with Crippen LogP contribution >= 0.6 is 0 Å². The number of hydrogen-bond donors (Lipinski definition) is 1. The fraction of sp³-hybridized carbons (Fsp3) is 0.111. The number of anilines is 1. The van der Waals surface area contributed by atoms with Gasteiger partial charge in [-0.25, -0.2) is 0 Å². The third-order valence-electron chi connectivity index (χ3n) is 5.91. The molecule has 5 aromatic rings. The Hall–Kier alpha value is -4.56. The third-order valence-corrected chi connectivity index (χ3v) is 5.91. The van der Waals surface area contributed by atoms with Crippen LogP contribution in [-0.2, 0) is 15.1 Å². The van der Waals surface area contributed by atoms with Crippen LogP contribution in [0.2, 0.25) is 0 Å². The zero-order valence-corrected chi connectivity index (χ0v) is 19.1. The van der Waals surface area contributed by atoms with Crippen molar-refractivity contribution in [3.05, 3.63) is 103 Å². The van der Waals surface area contributed by atoms with E-state index in [1.54, 1.807) is 37.6 Å². The van der Waals surface area contributed by atoms with E-state index in [0.717, 1.165) is 22.0 Å². The molecular weight excluding hydrogens is 444 g/mol. The number of fused-ring (bicyclic) bond motifs is 1. The molecule has 0 saturated heterocycles. The lowest BCUT2D eigenvalue weighted by molar-refractivity contribution is -0.134. The first-order valence-corrected chi connectivity index (χ1v) is 10.9. The highest BCUT2D eigenvalue weighted by molar-refractivity contribution is 6.02. The lowest BCUT2D eigenvalue weighted by Gasteiger charge is -2.29. The molecule has 0 bridgehead atoms. The number of carbonyl (C=O) groups is 1. The van der Waals surface area contributed by atoms with Crippen LogP contribution in [0.4, 0.5) is 5.69 Å². The Kier molecular flexibility index (Phi) is 5.95. The highest BCUT2D eigenvalue weighted by atomic mass is 16.5. The summed E-state index contributed by atoms with van der Waals surface area (Å²) in [6.45, 7) is 0. The first-order valence-electron chi connectivity index (χ1n) is 10.9. The minimum absolute atomic E-state index is 0.322. The third kappa shape index (κ3) is 3.89. The number of rotatable bonds is 7. The molecule has 8 heteroatoms. The molecule has 0 fully saturated rings. The van der Waals surface area contributed by atoms with Gasteiger partial charge in [0.05, 0.1) is 24.5 Å². The van der Waals surface area contributed by atoms with E-state index in [-0.39, 0.29) is 0 Å². The molecule has 2 heterocycles. The number of methoxy groups -OCH3 is 2. The minimum Gasteiger partial charge on any atom is -0.495 e. The van der Waals surface area contributed by atoms with Gasteiger partial charge in [0.1, 0.15) is 17.7 Å². The Morgan fingerprint density at radius 3 is 2.51 bits per heavy atom. The standard InChI is InChI=1S/C27H22N4O4/c1-33-24-13-12-18(21-17-28-30-22-11-7-6-10-20(21)22)16-23(24)29-26(32)27(34-2,25-14-15-35-31-25)19-8-4-3-5-9-19/h3-17H,1-2H3,(H,29,32)/t27-/m1/s1. The summed E-state index contributed by atoms with van der Waals surface area (Å²) in [5.41, 5.74) is 2.36. The van der Waals surface area contributed by atoms with Gasteiger partial charge < -0.3 is 19.3 Å². The number of ether oxygens (including phenoxy) is 2. The van der Waals surface area contributed by atoms with Crippen LogP contribution in [0, 0.1) is 0 Å². The predicted octanol–water partition coefficient (Wildman–Crippen LogP) is 4.82. The van der Waals surface area contributed by atoms with Crippen LogP contribution in [0.1, 0.15) is 11.3 Å². The van der Waals surface area contributed by atoms with Gasteiger partial charge >= 0.3 is 0 Å². The highest BCUT2D eigenvalue weighted by Gasteiger charge is 2.45. The second kappa shape index (κ2) is 9.36. The summed E-state index contributed by atoms with van der Waals surface area (Å²) in [6.07, 6.45) is 3.11. The molecule has 8 nitrogen and oxygen atoms in total. The number of nitrogens with zero attached hydrogens (tertiary/aromatic N) is 3. The Morgan fingerprint density at radius 2 is 1.77 bits per heavy atom. The van der Waals surface area contributed by atoms with Crippen LogP contribution in [0.15, 0.2) is 95.8 Å². The summed E-state index contributed by atoms with van der Waals surface area (Å²) in [4.78, 5) is 13.9. The molecule has 0 unspecified atom stereocenters. The smallest absolute Gasteiger partial charge is 0.267 e. The van der Waals surface area contributed by atoms with Crippen molar-refractivity contribution < 1.29 is 18.8 Å². The molecule has 0 aliphatic rings. The normalized spacial score (nSPS) is 12.7. The summed E-state index contributed by atoms with van der Waals surface area (Å²) in [7, 11) is 3.01. The molecule has 0 aliphatic carbocycles. The average Bonchev–Trinajstić information content (AvgIpc) is 3.45. The van der Waals surface area contributed by atoms with E-state index in [0.29, 0.717) is 22.7 Å². The average molecular weight is 466 g/mol. The summed E-state index contributed by atoms with van der Waals surface area (Å²) in [6, 6.07) is 24.1. The Bertz CT molecular complexity index is 1470.